The Morgan fingerprint density at radius 3 is 2.88 bits per heavy atom. The highest BCUT2D eigenvalue weighted by molar-refractivity contribution is 6.35. The van der Waals surface area contributed by atoms with E-state index in [2.05, 4.69) is 31.0 Å². The summed E-state index contributed by atoms with van der Waals surface area (Å²) in [5, 5.41) is 9.58. The average molecular weight is 476 g/mol. The third-order valence-corrected chi connectivity index (χ3v) is 7.58. The highest BCUT2D eigenvalue weighted by Crippen LogP contribution is 2.44. The van der Waals surface area contributed by atoms with Gasteiger partial charge in [-0.1, -0.05) is 17.7 Å². The van der Waals surface area contributed by atoms with Crippen LogP contribution in [0.1, 0.15) is 38.1 Å². The van der Waals surface area contributed by atoms with Gasteiger partial charge in [-0.3, -0.25) is 9.67 Å². The Morgan fingerprint density at radius 2 is 2.06 bits per heavy atom. The SMILES string of the molecule is CC(C)(NC(=O)N1CCC2(CCn3nc(-c4cnc5[nH]cc(Cl)c5c4)cc32)C1)c1ccccn1. The molecule has 1 fully saturated rings. The van der Waals surface area contributed by atoms with Crippen molar-refractivity contribution in [1.82, 2.24) is 34.9 Å². The van der Waals surface area contributed by atoms with Crippen LogP contribution in [0.4, 0.5) is 4.79 Å². The van der Waals surface area contributed by atoms with Gasteiger partial charge in [0.2, 0.25) is 0 Å². The number of halogens is 1. The quantitative estimate of drug-likeness (QED) is 0.457. The van der Waals surface area contributed by atoms with E-state index in [1.807, 2.05) is 49.2 Å². The Kier molecular flexibility index (Phi) is 4.71. The second-order valence-electron chi connectivity index (χ2n) is 9.87. The van der Waals surface area contributed by atoms with Crippen LogP contribution in [-0.2, 0) is 17.5 Å². The number of urea groups is 1. The van der Waals surface area contributed by atoms with Crippen LogP contribution in [0.3, 0.4) is 0 Å². The molecule has 9 heteroatoms. The van der Waals surface area contributed by atoms with E-state index in [0.717, 1.165) is 53.9 Å². The average Bonchev–Trinajstić information content (AvgIpc) is 3.60. The van der Waals surface area contributed by atoms with Gasteiger partial charge in [0.05, 0.1) is 21.9 Å². The maximum absolute atomic E-state index is 13.2. The first-order chi connectivity index (χ1) is 16.3. The summed E-state index contributed by atoms with van der Waals surface area (Å²) in [5.41, 5.74) is 4.01. The Balaban J connectivity index is 1.22. The second kappa shape index (κ2) is 7.56. The van der Waals surface area contributed by atoms with Gasteiger partial charge in [-0.15, -0.1) is 0 Å². The highest BCUT2D eigenvalue weighted by Gasteiger charge is 2.47. The fourth-order valence-electron chi connectivity index (χ4n) is 5.32. The number of pyridine rings is 2. The number of aromatic nitrogens is 5. The Morgan fingerprint density at radius 1 is 1.21 bits per heavy atom. The number of likely N-dealkylation sites (tertiary alicyclic amines) is 1. The lowest BCUT2D eigenvalue weighted by Gasteiger charge is -2.30. The van der Waals surface area contributed by atoms with Crippen molar-refractivity contribution in [1.29, 1.82) is 0 Å². The zero-order valence-electron chi connectivity index (χ0n) is 19.2. The van der Waals surface area contributed by atoms with Crippen molar-refractivity contribution < 1.29 is 4.79 Å². The number of nitrogens with one attached hydrogen (secondary N) is 2. The molecule has 4 aromatic heterocycles. The fraction of sp³-hybridized carbons (Fsp3) is 0.360. The first-order valence-corrected chi connectivity index (χ1v) is 11.9. The molecule has 2 N–H and O–H groups in total. The van der Waals surface area contributed by atoms with E-state index in [1.54, 1.807) is 12.4 Å². The number of hydrogen-bond acceptors (Lipinski definition) is 4. The van der Waals surface area contributed by atoms with E-state index in [-0.39, 0.29) is 11.4 Å². The molecule has 0 aromatic carbocycles. The molecule has 2 amide bonds. The van der Waals surface area contributed by atoms with Crippen molar-refractivity contribution in [2.45, 2.75) is 44.2 Å². The van der Waals surface area contributed by atoms with Crippen LogP contribution in [-0.4, -0.2) is 48.8 Å². The summed E-state index contributed by atoms with van der Waals surface area (Å²) in [6.07, 6.45) is 7.25. The lowest BCUT2D eigenvalue weighted by atomic mass is 9.82. The molecule has 0 saturated carbocycles. The van der Waals surface area contributed by atoms with Crippen molar-refractivity contribution in [3.05, 3.63) is 65.3 Å². The molecule has 8 nitrogen and oxygen atoms in total. The van der Waals surface area contributed by atoms with Crippen molar-refractivity contribution in [2.75, 3.05) is 13.1 Å². The summed E-state index contributed by atoms with van der Waals surface area (Å²) < 4.78 is 2.09. The Hall–Kier alpha value is -3.39. The molecule has 174 valence electrons. The van der Waals surface area contributed by atoms with Gasteiger partial charge < -0.3 is 15.2 Å². The molecular weight excluding hydrogens is 450 g/mol. The van der Waals surface area contributed by atoms with Crippen LogP contribution in [0.5, 0.6) is 0 Å². The number of nitrogens with zero attached hydrogens (tertiary/aromatic N) is 5. The lowest BCUT2D eigenvalue weighted by molar-refractivity contribution is 0.193. The summed E-state index contributed by atoms with van der Waals surface area (Å²) in [4.78, 5) is 27.1. The molecule has 1 atom stereocenters. The van der Waals surface area contributed by atoms with Gasteiger partial charge in [-0.2, -0.15) is 5.10 Å². The lowest BCUT2D eigenvalue weighted by Crippen LogP contribution is -2.48. The first-order valence-electron chi connectivity index (χ1n) is 11.5. The topological polar surface area (TPSA) is 91.7 Å². The molecule has 1 spiro atoms. The van der Waals surface area contributed by atoms with Crippen molar-refractivity contribution >= 4 is 28.7 Å². The Bertz CT molecular complexity index is 1390. The maximum Gasteiger partial charge on any atom is 0.318 e. The number of fused-ring (bicyclic) bond motifs is 3. The van der Waals surface area contributed by atoms with Crippen LogP contribution in [0.2, 0.25) is 5.02 Å². The van der Waals surface area contributed by atoms with Gasteiger partial charge in [0.1, 0.15) is 5.65 Å². The molecule has 0 radical (unpaired) electrons. The zero-order valence-corrected chi connectivity index (χ0v) is 19.9. The van der Waals surface area contributed by atoms with Crippen LogP contribution in [0, 0.1) is 0 Å². The summed E-state index contributed by atoms with van der Waals surface area (Å²) in [6.45, 7) is 6.22. The van der Waals surface area contributed by atoms with E-state index in [9.17, 15) is 4.79 Å². The van der Waals surface area contributed by atoms with Gasteiger partial charge in [0.25, 0.3) is 0 Å². The molecule has 0 bridgehead atoms. The standard InChI is InChI=1S/C25H26ClN7O/c1-24(2,20-5-3-4-8-27-20)30-23(34)32-9-6-25(15-32)7-10-33-21(25)12-19(31-33)16-11-17-18(26)14-29-22(17)28-13-16/h3-5,8,11-14H,6-7,9-10,15H2,1-2H3,(H,28,29)(H,30,34). The van der Waals surface area contributed by atoms with E-state index < -0.39 is 5.54 Å². The minimum atomic E-state index is -0.552. The normalized spacial score (nSPS) is 19.8. The van der Waals surface area contributed by atoms with Gasteiger partial charge in [0, 0.05) is 60.3 Å². The fourth-order valence-corrected chi connectivity index (χ4v) is 5.51. The minimum absolute atomic E-state index is 0.0533. The predicted octanol–water partition coefficient (Wildman–Crippen LogP) is 4.47. The predicted molar refractivity (Wildman–Crippen MR) is 131 cm³/mol. The number of hydrogen-bond donors (Lipinski definition) is 2. The molecule has 1 saturated heterocycles. The largest absolute Gasteiger partial charge is 0.345 e. The van der Waals surface area contributed by atoms with Crippen LogP contribution >= 0.6 is 11.6 Å². The monoisotopic (exact) mass is 475 g/mol. The third-order valence-electron chi connectivity index (χ3n) is 7.27. The molecule has 6 rings (SSSR count). The van der Waals surface area contributed by atoms with Crippen molar-refractivity contribution in [2.24, 2.45) is 0 Å². The molecule has 2 aliphatic rings. The Labute approximate surface area is 202 Å². The molecule has 2 aliphatic heterocycles. The van der Waals surface area contributed by atoms with Crippen LogP contribution in [0.25, 0.3) is 22.3 Å². The number of H-pyrrole nitrogens is 1. The summed E-state index contributed by atoms with van der Waals surface area (Å²) in [5.74, 6) is 0. The molecular formula is C25H26ClN7O. The number of amides is 2. The molecule has 4 aromatic rings. The number of rotatable bonds is 3. The highest BCUT2D eigenvalue weighted by atomic mass is 35.5. The molecule has 1 unspecified atom stereocenters. The number of carbonyl (C=O) groups excluding carboxylic acids is 1. The van der Waals surface area contributed by atoms with E-state index in [1.165, 1.54) is 5.69 Å². The smallest absolute Gasteiger partial charge is 0.318 e. The number of aryl methyl sites for hydroxylation is 1. The first kappa shape index (κ1) is 21.2. The van der Waals surface area contributed by atoms with Gasteiger partial charge in [-0.25, -0.2) is 9.78 Å². The molecule has 6 heterocycles. The van der Waals surface area contributed by atoms with Gasteiger partial charge in [-0.05, 0) is 51.0 Å². The van der Waals surface area contributed by atoms with Crippen LogP contribution < -0.4 is 5.32 Å². The number of carbonyl (C=O) groups is 1. The summed E-state index contributed by atoms with van der Waals surface area (Å²) in [7, 11) is 0. The van der Waals surface area contributed by atoms with Crippen molar-refractivity contribution in [3.8, 4) is 11.3 Å². The van der Waals surface area contributed by atoms with Gasteiger partial charge in [0.15, 0.2) is 0 Å². The molecule has 0 aliphatic carbocycles. The third kappa shape index (κ3) is 3.36. The van der Waals surface area contributed by atoms with E-state index in [4.69, 9.17) is 16.7 Å². The zero-order chi connectivity index (χ0) is 23.5. The molecule has 34 heavy (non-hydrogen) atoms. The second-order valence-corrected chi connectivity index (χ2v) is 10.3. The number of aromatic amines is 1. The summed E-state index contributed by atoms with van der Waals surface area (Å²) >= 11 is 6.29. The van der Waals surface area contributed by atoms with E-state index >= 15 is 0 Å². The van der Waals surface area contributed by atoms with Crippen LogP contribution in [0.15, 0.2) is 48.9 Å². The summed E-state index contributed by atoms with van der Waals surface area (Å²) in [6, 6.07) is 9.90. The van der Waals surface area contributed by atoms with Gasteiger partial charge >= 0.3 is 6.03 Å². The van der Waals surface area contributed by atoms with E-state index in [0.29, 0.717) is 11.6 Å². The maximum atomic E-state index is 13.2. The van der Waals surface area contributed by atoms with Crippen molar-refractivity contribution in [3.63, 3.8) is 0 Å². The minimum Gasteiger partial charge on any atom is -0.345 e.